The summed E-state index contributed by atoms with van der Waals surface area (Å²) in [5.41, 5.74) is 2.01. The van der Waals surface area contributed by atoms with E-state index in [9.17, 15) is 4.79 Å². The first-order valence-corrected chi connectivity index (χ1v) is 7.55. The number of carbonyl (C=O) groups is 1. The van der Waals surface area contributed by atoms with Crippen LogP contribution in [-0.4, -0.2) is 24.2 Å². The highest BCUT2D eigenvalue weighted by Gasteiger charge is 2.23. The second-order valence-electron chi connectivity index (χ2n) is 5.50. The third-order valence-electron chi connectivity index (χ3n) is 3.76. The minimum absolute atomic E-state index is 0.240. The molecule has 1 saturated carbocycles. The molecule has 114 valence electrons. The fraction of sp³-hybridized carbons (Fsp3) is 0.333. The van der Waals surface area contributed by atoms with Crippen LogP contribution in [0.25, 0.3) is 10.9 Å². The van der Waals surface area contributed by atoms with Crippen molar-refractivity contribution in [1.82, 2.24) is 4.98 Å². The molecule has 1 fully saturated rings. The van der Waals surface area contributed by atoms with Crippen LogP contribution in [0.3, 0.4) is 0 Å². The van der Waals surface area contributed by atoms with Crippen LogP contribution in [0, 0.1) is 5.92 Å². The molecule has 2 aromatic rings. The van der Waals surface area contributed by atoms with Gasteiger partial charge in [0.15, 0.2) is 0 Å². The molecule has 0 radical (unpaired) electrons. The molecule has 0 bridgehead atoms. The lowest BCUT2D eigenvalue weighted by atomic mass is 10.2. The average molecular weight is 297 g/mol. The van der Waals surface area contributed by atoms with Crippen LogP contribution in [0.4, 0.5) is 0 Å². The Hall–Kier alpha value is -2.36. The van der Waals surface area contributed by atoms with Crippen LogP contribution in [0.1, 0.15) is 19.8 Å². The Balaban J connectivity index is 1.50. The third-order valence-corrected chi connectivity index (χ3v) is 3.76. The van der Waals surface area contributed by atoms with Crippen LogP contribution in [0.5, 0.6) is 5.75 Å². The highest BCUT2D eigenvalue weighted by atomic mass is 16.6. The highest BCUT2D eigenvalue weighted by molar-refractivity contribution is 5.84. The summed E-state index contributed by atoms with van der Waals surface area (Å²) in [7, 11) is 0. The molecule has 1 aromatic carbocycles. The lowest BCUT2D eigenvalue weighted by Crippen LogP contribution is -2.11. The normalized spacial score (nSPS) is 14.9. The van der Waals surface area contributed by atoms with Gasteiger partial charge in [-0.25, -0.2) is 4.79 Å². The lowest BCUT2D eigenvalue weighted by Gasteiger charge is -2.09. The van der Waals surface area contributed by atoms with Crippen LogP contribution in [-0.2, 0) is 9.53 Å². The minimum atomic E-state index is -0.285. The number of para-hydroxylation sites is 1. The van der Waals surface area contributed by atoms with Crippen molar-refractivity contribution in [3.8, 4) is 5.75 Å². The zero-order valence-electron chi connectivity index (χ0n) is 12.6. The average Bonchev–Trinajstić information content (AvgIpc) is 3.36. The maximum absolute atomic E-state index is 11.6. The number of aromatic nitrogens is 1. The summed E-state index contributed by atoms with van der Waals surface area (Å²) < 4.78 is 10.9. The number of carbonyl (C=O) groups excluding carboxylic acids is 1. The molecule has 1 aromatic heterocycles. The van der Waals surface area contributed by atoms with E-state index in [-0.39, 0.29) is 12.6 Å². The summed E-state index contributed by atoms with van der Waals surface area (Å²) in [5.74, 6) is 1.06. The fourth-order valence-corrected chi connectivity index (χ4v) is 2.37. The van der Waals surface area contributed by atoms with Gasteiger partial charge in [-0.2, -0.15) is 0 Å². The summed E-state index contributed by atoms with van der Waals surface area (Å²) in [5, 5.41) is 0.959. The van der Waals surface area contributed by atoms with Crippen molar-refractivity contribution in [2.75, 3.05) is 13.2 Å². The third kappa shape index (κ3) is 3.64. The van der Waals surface area contributed by atoms with Gasteiger partial charge in [-0.05, 0) is 43.9 Å². The molecule has 0 atom stereocenters. The second kappa shape index (κ2) is 6.60. The molecular formula is C18H19NO3. The van der Waals surface area contributed by atoms with Crippen LogP contribution >= 0.6 is 0 Å². The number of rotatable bonds is 6. The summed E-state index contributed by atoms with van der Waals surface area (Å²) in [4.78, 5) is 15.9. The zero-order valence-corrected chi connectivity index (χ0v) is 12.6. The molecule has 3 rings (SSSR count). The molecule has 1 aliphatic carbocycles. The first kappa shape index (κ1) is 14.6. The Labute approximate surface area is 129 Å². The molecule has 0 aliphatic heterocycles. The Kier molecular flexibility index (Phi) is 4.37. The number of pyridine rings is 1. The number of ether oxygens (including phenoxy) is 2. The predicted molar refractivity (Wildman–Crippen MR) is 84.7 cm³/mol. The number of hydrogen-bond donors (Lipinski definition) is 0. The highest BCUT2D eigenvalue weighted by Crippen LogP contribution is 2.35. The van der Waals surface area contributed by atoms with Gasteiger partial charge < -0.3 is 9.47 Å². The van der Waals surface area contributed by atoms with E-state index < -0.39 is 0 Å². The van der Waals surface area contributed by atoms with Gasteiger partial charge in [0, 0.05) is 17.7 Å². The van der Waals surface area contributed by atoms with Crippen LogP contribution in [0.2, 0.25) is 0 Å². The molecule has 0 saturated heterocycles. The molecule has 0 N–H and O–H groups in total. The molecule has 1 aliphatic rings. The van der Waals surface area contributed by atoms with Crippen molar-refractivity contribution in [1.29, 1.82) is 0 Å². The van der Waals surface area contributed by atoms with Gasteiger partial charge in [-0.15, -0.1) is 0 Å². The molecule has 4 heteroatoms. The molecule has 0 unspecified atom stereocenters. The van der Waals surface area contributed by atoms with E-state index in [1.165, 1.54) is 12.8 Å². The number of esters is 1. The standard InChI is InChI=1S/C18H19NO3/c1-13(14-6-7-14)12-18(20)22-11-10-21-17-8-9-19-16-5-3-2-4-15(16)17/h2-5,8-9,12,14H,6-7,10-11H2,1H3/b13-12+. The van der Waals surface area contributed by atoms with Crippen molar-refractivity contribution in [2.45, 2.75) is 19.8 Å². The molecule has 1 heterocycles. The fourth-order valence-electron chi connectivity index (χ4n) is 2.37. The Morgan fingerprint density at radius 2 is 2.09 bits per heavy atom. The van der Waals surface area contributed by atoms with Gasteiger partial charge in [0.05, 0.1) is 5.52 Å². The van der Waals surface area contributed by atoms with E-state index in [1.54, 1.807) is 12.3 Å². The topological polar surface area (TPSA) is 48.4 Å². The van der Waals surface area contributed by atoms with E-state index >= 15 is 0 Å². The van der Waals surface area contributed by atoms with E-state index in [0.717, 1.165) is 22.2 Å². The summed E-state index contributed by atoms with van der Waals surface area (Å²) >= 11 is 0. The van der Waals surface area contributed by atoms with Gasteiger partial charge >= 0.3 is 5.97 Å². The molecule has 0 spiro atoms. The van der Waals surface area contributed by atoms with Gasteiger partial charge in [0.25, 0.3) is 0 Å². The van der Waals surface area contributed by atoms with E-state index in [0.29, 0.717) is 12.5 Å². The van der Waals surface area contributed by atoms with Crippen molar-refractivity contribution in [3.05, 3.63) is 48.2 Å². The summed E-state index contributed by atoms with van der Waals surface area (Å²) in [6, 6.07) is 9.61. The number of fused-ring (bicyclic) bond motifs is 1. The number of hydrogen-bond acceptors (Lipinski definition) is 4. The summed E-state index contributed by atoms with van der Waals surface area (Å²) in [6.45, 7) is 2.55. The smallest absolute Gasteiger partial charge is 0.330 e. The van der Waals surface area contributed by atoms with Crippen molar-refractivity contribution >= 4 is 16.9 Å². The Morgan fingerprint density at radius 1 is 1.27 bits per heavy atom. The molecule has 4 nitrogen and oxygen atoms in total. The first-order valence-electron chi connectivity index (χ1n) is 7.55. The van der Waals surface area contributed by atoms with E-state index in [1.807, 2.05) is 37.3 Å². The van der Waals surface area contributed by atoms with Gasteiger partial charge in [-0.3, -0.25) is 4.98 Å². The number of benzene rings is 1. The first-order chi connectivity index (χ1) is 10.7. The van der Waals surface area contributed by atoms with Crippen LogP contribution < -0.4 is 4.74 Å². The van der Waals surface area contributed by atoms with E-state index in [4.69, 9.17) is 9.47 Å². The molecule has 0 amide bonds. The quantitative estimate of drug-likeness (QED) is 0.465. The maximum atomic E-state index is 11.6. The number of allylic oxidation sites excluding steroid dienone is 1. The van der Waals surface area contributed by atoms with Crippen molar-refractivity contribution in [2.24, 2.45) is 5.92 Å². The SMILES string of the molecule is C/C(=C\C(=O)OCCOc1ccnc2ccccc12)C1CC1. The number of nitrogens with zero attached hydrogens (tertiary/aromatic N) is 1. The van der Waals surface area contributed by atoms with E-state index in [2.05, 4.69) is 4.98 Å². The Morgan fingerprint density at radius 3 is 2.91 bits per heavy atom. The molecule has 22 heavy (non-hydrogen) atoms. The predicted octanol–water partition coefficient (Wildman–Crippen LogP) is 3.51. The monoisotopic (exact) mass is 297 g/mol. The Bertz CT molecular complexity index is 699. The largest absolute Gasteiger partial charge is 0.489 e. The van der Waals surface area contributed by atoms with Gasteiger partial charge in [-0.1, -0.05) is 17.7 Å². The lowest BCUT2D eigenvalue weighted by molar-refractivity contribution is -0.138. The minimum Gasteiger partial charge on any atom is -0.489 e. The van der Waals surface area contributed by atoms with Gasteiger partial charge in [0.2, 0.25) is 0 Å². The van der Waals surface area contributed by atoms with Crippen molar-refractivity contribution in [3.63, 3.8) is 0 Å². The van der Waals surface area contributed by atoms with Crippen molar-refractivity contribution < 1.29 is 14.3 Å². The second-order valence-corrected chi connectivity index (χ2v) is 5.50. The summed E-state index contributed by atoms with van der Waals surface area (Å²) in [6.07, 6.45) is 5.69. The molecular weight excluding hydrogens is 278 g/mol. The maximum Gasteiger partial charge on any atom is 0.330 e. The zero-order chi connectivity index (χ0) is 15.4. The van der Waals surface area contributed by atoms with Gasteiger partial charge in [0.1, 0.15) is 19.0 Å². The van der Waals surface area contributed by atoms with Crippen LogP contribution in [0.15, 0.2) is 48.2 Å².